The molecule has 2 aromatic carbocycles. The molecular weight excluding hydrogens is 459 g/mol. The Balaban J connectivity index is 1.26. The molecule has 3 aliphatic heterocycles. The molecule has 5 rings (SSSR count). The zero-order valence-electron chi connectivity index (χ0n) is 19.2. The summed E-state index contributed by atoms with van der Waals surface area (Å²) in [6.45, 7) is 2.14. The lowest BCUT2D eigenvalue weighted by Gasteiger charge is -2.41. The Morgan fingerprint density at radius 3 is 2.57 bits per heavy atom. The fourth-order valence-electron chi connectivity index (χ4n) is 5.33. The molecule has 2 amide bonds. The molecule has 10 heteroatoms. The third-order valence-electron chi connectivity index (χ3n) is 7.19. The van der Waals surface area contributed by atoms with Crippen molar-refractivity contribution >= 4 is 17.5 Å². The summed E-state index contributed by atoms with van der Waals surface area (Å²) >= 11 is 0. The highest BCUT2D eigenvalue weighted by molar-refractivity contribution is 5.95. The van der Waals surface area contributed by atoms with Gasteiger partial charge in [0, 0.05) is 44.3 Å². The molecule has 0 spiro atoms. The summed E-state index contributed by atoms with van der Waals surface area (Å²) in [7, 11) is 0. The zero-order chi connectivity index (χ0) is 24.5. The summed E-state index contributed by atoms with van der Waals surface area (Å²) in [5.41, 5.74) is 6.88. The van der Waals surface area contributed by atoms with E-state index in [1.54, 1.807) is 21.9 Å². The largest absolute Gasteiger partial charge is 0.366 e. The molecule has 3 heterocycles. The lowest BCUT2D eigenvalue weighted by Crippen LogP contribution is -2.67. The van der Waals surface area contributed by atoms with Crippen LogP contribution < -0.4 is 21.1 Å². The van der Waals surface area contributed by atoms with Gasteiger partial charge in [-0.3, -0.25) is 15.0 Å². The van der Waals surface area contributed by atoms with Crippen LogP contribution in [0.3, 0.4) is 0 Å². The molecule has 3 unspecified atom stereocenters. The number of carbonyl (C=O) groups is 2. The van der Waals surface area contributed by atoms with E-state index in [0.29, 0.717) is 32.6 Å². The van der Waals surface area contributed by atoms with Gasteiger partial charge in [0.05, 0.1) is 17.2 Å². The third-order valence-corrected chi connectivity index (χ3v) is 7.19. The van der Waals surface area contributed by atoms with E-state index >= 15 is 0 Å². The number of carbonyl (C=O) groups excluding carboxylic acids is 2. The molecule has 0 radical (unpaired) electrons. The summed E-state index contributed by atoms with van der Waals surface area (Å²) < 4.78 is 42.0. The van der Waals surface area contributed by atoms with Crippen LogP contribution in [0.25, 0.3) is 0 Å². The standard InChI is InChI=1S/C25H28F3N5O2/c26-16-4-6-22(20(28)14-16)32-8-10-33(11-9-32)25(35)18-12-15(3-5-19(18)27)13-21-23-17(2-1-7-29-23)24(34)31-30-21/h3-6,12,14,17,21,23,29-30H,1-2,7-11,13H2,(H,31,34). The van der Waals surface area contributed by atoms with Crippen LogP contribution >= 0.6 is 0 Å². The summed E-state index contributed by atoms with van der Waals surface area (Å²) in [6.07, 6.45) is 2.28. The number of rotatable bonds is 4. The van der Waals surface area contributed by atoms with Gasteiger partial charge >= 0.3 is 0 Å². The van der Waals surface area contributed by atoms with Crippen LogP contribution in [0.15, 0.2) is 36.4 Å². The topological polar surface area (TPSA) is 76.7 Å². The predicted octanol–water partition coefficient (Wildman–Crippen LogP) is 1.98. The van der Waals surface area contributed by atoms with Crippen LogP contribution in [0.1, 0.15) is 28.8 Å². The van der Waals surface area contributed by atoms with Gasteiger partial charge in [-0.2, -0.15) is 0 Å². The van der Waals surface area contributed by atoms with Gasteiger partial charge in [0.1, 0.15) is 17.5 Å². The molecule has 0 aliphatic carbocycles. The number of hydrogen-bond donors (Lipinski definition) is 3. The predicted molar refractivity (Wildman–Crippen MR) is 124 cm³/mol. The van der Waals surface area contributed by atoms with Crippen molar-refractivity contribution in [2.45, 2.75) is 31.3 Å². The molecule has 0 saturated carbocycles. The quantitative estimate of drug-likeness (QED) is 0.615. The molecule has 3 N–H and O–H groups in total. The van der Waals surface area contributed by atoms with Crippen molar-refractivity contribution in [3.8, 4) is 0 Å². The highest BCUT2D eigenvalue weighted by Gasteiger charge is 2.40. The Labute approximate surface area is 201 Å². The lowest BCUT2D eigenvalue weighted by atomic mass is 9.82. The van der Waals surface area contributed by atoms with Gasteiger partial charge < -0.3 is 15.1 Å². The molecule has 0 aromatic heterocycles. The van der Waals surface area contributed by atoms with Crippen molar-refractivity contribution in [3.63, 3.8) is 0 Å². The smallest absolute Gasteiger partial charge is 0.256 e. The molecule has 3 atom stereocenters. The number of nitrogens with zero attached hydrogens (tertiary/aromatic N) is 2. The fourth-order valence-corrected chi connectivity index (χ4v) is 5.33. The van der Waals surface area contributed by atoms with Crippen LogP contribution in [0.4, 0.5) is 18.9 Å². The van der Waals surface area contributed by atoms with E-state index in [1.165, 1.54) is 18.2 Å². The van der Waals surface area contributed by atoms with E-state index in [-0.39, 0.29) is 35.2 Å². The highest BCUT2D eigenvalue weighted by atomic mass is 19.1. The normalized spacial score (nSPS) is 24.7. The molecule has 35 heavy (non-hydrogen) atoms. The van der Waals surface area contributed by atoms with Crippen molar-refractivity contribution in [1.82, 2.24) is 21.1 Å². The number of amides is 2. The summed E-state index contributed by atoms with van der Waals surface area (Å²) in [4.78, 5) is 28.6. The van der Waals surface area contributed by atoms with Gasteiger partial charge in [-0.1, -0.05) is 6.07 Å². The number of anilines is 1. The Kier molecular flexibility index (Phi) is 6.66. The summed E-state index contributed by atoms with van der Waals surface area (Å²) in [5.74, 6) is -2.43. The molecule has 3 aliphatic rings. The zero-order valence-corrected chi connectivity index (χ0v) is 19.2. The van der Waals surface area contributed by atoms with E-state index in [4.69, 9.17) is 0 Å². The maximum absolute atomic E-state index is 14.7. The summed E-state index contributed by atoms with van der Waals surface area (Å²) in [5, 5.41) is 3.42. The van der Waals surface area contributed by atoms with Crippen molar-refractivity contribution in [2.75, 3.05) is 37.6 Å². The molecule has 3 fully saturated rings. The average Bonchev–Trinajstić information content (AvgIpc) is 2.87. The van der Waals surface area contributed by atoms with Gasteiger partial charge in [-0.25, -0.2) is 18.6 Å². The maximum atomic E-state index is 14.7. The Morgan fingerprint density at radius 2 is 1.80 bits per heavy atom. The second-order valence-corrected chi connectivity index (χ2v) is 9.36. The van der Waals surface area contributed by atoms with E-state index in [2.05, 4.69) is 16.2 Å². The first-order valence-electron chi connectivity index (χ1n) is 12.0. The number of fused-ring (bicyclic) bond motifs is 1. The minimum absolute atomic E-state index is 0.00286. The van der Waals surface area contributed by atoms with E-state index in [9.17, 15) is 22.8 Å². The second kappa shape index (κ2) is 9.87. The molecule has 3 saturated heterocycles. The van der Waals surface area contributed by atoms with Crippen LogP contribution in [0.2, 0.25) is 0 Å². The monoisotopic (exact) mass is 487 g/mol. The number of hydrogen-bond acceptors (Lipinski definition) is 5. The van der Waals surface area contributed by atoms with Crippen LogP contribution in [0.5, 0.6) is 0 Å². The lowest BCUT2D eigenvalue weighted by molar-refractivity contribution is -0.131. The minimum atomic E-state index is -0.647. The van der Waals surface area contributed by atoms with Crippen molar-refractivity contribution in [2.24, 2.45) is 5.92 Å². The average molecular weight is 488 g/mol. The van der Waals surface area contributed by atoms with Crippen molar-refractivity contribution in [3.05, 3.63) is 65.0 Å². The number of nitrogens with one attached hydrogen (secondary N) is 3. The van der Waals surface area contributed by atoms with Gasteiger partial charge in [-0.15, -0.1) is 0 Å². The molecule has 2 aromatic rings. The SMILES string of the molecule is O=C1NNC(Cc2ccc(F)c(C(=O)N3CCN(c4ccc(F)cc4F)CC3)c2)C2NCCCC12. The van der Waals surface area contributed by atoms with Crippen LogP contribution in [-0.2, 0) is 11.2 Å². The number of benzene rings is 2. The second-order valence-electron chi connectivity index (χ2n) is 9.36. The van der Waals surface area contributed by atoms with Gasteiger partial charge in [-0.05, 0) is 55.6 Å². The Morgan fingerprint density at radius 1 is 1.00 bits per heavy atom. The maximum Gasteiger partial charge on any atom is 0.256 e. The Hall–Kier alpha value is -3.11. The third kappa shape index (κ3) is 4.85. The number of piperidine rings is 1. The van der Waals surface area contributed by atoms with E-state index in [0.717, 1.165) is 31.0 Å². The first kappa shape index (κ1) is 23.6. The number of halogens is 3. The molecule has 186 valence electrons. The highest BCUT2D eigenvalue weighted by Crippen LogP contribution is 2.25. The molecular formula is C25H28F3N5O2. The first-order valence-corrected chi connectivity index (χ1v) is 12.0. The van der Waals surface area contributed by atoms with Crippen LogP contribution in [0, 0.1) is 23.4 Å². The number of piperazine rings is 1. The molecule has 0 bridgehead atoms. The minimum Gasteiger partial charge on any atom is -0.366 e. The van der Waals surface area contributed by atoms with Gasteiger partial charge in [0.15, 0.2) is 0 Å². The van der Waals surface area contributed by atoms with Crippen LogP contribution in [-0.4, -0.2) is 61.5 Å². The Bertz CT molecular complexity index is 1120. The molecule has 7 nitrogen and oxygen atoms in total. The first-order chi connectivity index (χ1) is 16.9. The number of hydrazine groups is 1. The summed E-state index contributed by atoms with van der Waals surface area (Å²) in [6, 6.07) is 7.87. The van der Waals surface area contributed by atoms with E-state index < -0.39 is 23.4 Å². The van der Waals surface area contributed by atoms with Gasteiger partial charge in [0.25, 0.3) is 5.91 Å². The van der Waals surface area contributed by atoms with Gasteiger partial charge in [0.2, 0.25) is 5.91 Å². The fraction of sp³-hybridized carbons (Fsp3) is 0.440. The van der Waals surface area contributed by atoms with Crippen molar-refractivity contribution in [1.29, 1.82) is 0 Å². The van der Waals surface area contributed by atoms with Crippen molar-refractivity contribution < 1.29 is 22.8 Å². The van der Waals surface area contributed by atoms with E-state index in [1.807, 2.05) is 0 Å².